The van der Waals surface area contributed by atoms with Gasteiger partial charge in [0.05, 0.1) is 16.5 Å². The van der Waals surface area contributed by atoms with Gasteiger partial charge in [-0.1, -0.05) is 6.92 Å². The predicted molar refractivity (Wildman–Crippen MR) is 79.1 cm³/mol. The first-order chi connectivity index (χ1) is 9.01. The summed E-state index contributed by atoms with van der Waals surface area (Å²) < 4.78 is 33.4. The number of sulfonamides is 1. The highest BCUT2D eigenvalue weighted by molar-refractivity contribution is 9.11. The van der Waals surface area contributed by atoms with Gasteiger partial charge in [-0.3, -0.25) is 4.90 Å². The molecule has 0 amide bonds. The zero-order valence-corrected chi connectivity index (χ0v) is 13.9. The monoisotopic (exact) mass is 368 g/mol. The second kappa shape index (κ2) is 6.64. The Hall–Kier alpha value is 0.01000. The Balaban J connectivity index is 1.91. The van der Waals surface area contributed by atoms with Crippen LogP contribution < -0.4 is 4.72 Å². The summed E-state index contributed by atoms with van der Waals surface area (Å²) in [5, 5.41) is 0. The van der Waals surface area contributed by atoms with Crippen LogP contribution in [-0.2, 0) is 14.8 Å². The first kappa shape index (κ1) is 15.4. The number of nitrogens with one attached hydrogen (secondary N) is 1. The highest BCUT2D eigenvalue weighted by Crippen LogP contribution is 2.25. The number of rotatable bonds is 5. The van der Waals surface area contributed by atoms with Crippen molar-refractivity contribution in [2.75, 3.05) is 32.8 Å². The lowest BCUT2D eigenvalue weighted by Crippen LogP contribution is -2.47. The van der Waals surface area contributed by atoms with Crippen LogP contribution in [0.2, 0.25) is 0 Å². The zero-order valence-electron chi connectivity index (χ0n) is 10.6. The number of hydrogen-bond donors (Lipinski definition) is 1. The summed E-state index contributed by atoms with van der Waals surface area (Å²) >= 11 is 4.47. The maximum Gasteiger partial charge on any atom is 0.250 e. The van der Waals surface area contributed by atoms with Gasteiger partial charge in [0.15, 0.2) is 0 Å². The van der Waals surface area contributed by atoms with Crippen LogP contribution >= 0.6 is 27.3 Å². The molecule has 0 aliphatic carbocycles. The summed E-state index contributed by atoms with van der Waals surface area (Å²) in [5.74, 6) is 0. The van der Waals surface area contributed by atoms with Gasteiger partial charge in [0, 0.05) is 19.6 Å². The van der Waals surface area contributed by atoms with E-state index in [1.807, 2.05) is 0 Å². The smallest absolute Gasteiger partial charge is 0.250 e. The third-order valence-corrected chi connectivity index (χ3v) is 6.52. The van der Waals surface area contributed by atoms with Gasteiger partial charge in [-0.2, -0.15) is 0 Å². The Kier molecular flexibility index (Phi) is 5.38. The van der Waals surface area contributed by atoms with Crippen molar-refractivity contribution in [1.29, 1.82) is 0 Å². The van der Waals surface area contributed by atoms with Gasteiger partial charge in [-0.15, -0.1) is 11.3 Å². The molecular weight excluding hydrogens is 352 g/mol. The van der Waals surface area contributed by atoms with Crippen LogP contribution in [0, 0.1) is 0 Å². The van der Waals surface area contributed by atoms with E-state index in [4.69, 9.17) is 4.74 Å². The van der Waals surface area contributed by atoms with E-state index in [2.05, 4.69) is 32.5 Å². The minimum absolute atomic E-state index is 0.0770. The molecule has 1 aliphatic heterocycles. The molecule has 0 spiro atoms. The number of nitrogens with zero attached hydrogens (tertiary/aromatic N) is 1. The van der Waals surface area contributed by atoms with Crippen molar-refractivity contribution in [3.63, 3.8) is 0 Å². The molecule has 19 heavy (non-hydrogen) atoms. The summed E-state index contributed by atoms with van der Waals surface area (Å²) in [6, 6.07) is 3.33. The van der Waals surface area contributed by atoms with Crippen molar-refractivity contribution < 1.29 is 13.2 Å². The number of thiophene rings is 1. The van der Waals surface area contributed by atoms with Crippen molar-refractivity contribution in [2.24, 2.45) is 0 Å². The van der Waals surface area contributed by atoms with Crippen LogP contribution in [0.15, 0.2) is 20.1 Å². The number of likely N-dealkylation sites (N-methyl/N-ethyl adjacent to an activating group) is 1. The van der Waals surface area contributed by atoms with Gasteiger partial charge < -0.3 is 4.74 Å². The molecular formula is C11H17BrN2O3S2. The van der Waals surface area contributed by atoms with E-state index in [1.54, 1.807) is 12.1 Å². The summed E-state index contributed by atoms with van der Waals surface area (Å²) in [6.45, 7) is 5.71. The van der Waals surface area contributed by atoms with Gasteiger partial charge in [-0.25, -0.2) is 13.1 Å². The maximum atomic E-state index is 12.0. The molecule has 5 nitrogen and oxygen atoms in total. The van der Waals surface area contributed by atoms with E-state index in [1.165, 1.54) is 11.3 Å². The molecule has 0 aromatic carbocycles. The zero-order chi connectivity index (χ0) is 13.9. The molecule has 1 atom stereocenters. The maximum absolute atomic E-state index is 12.0. The number of ether oxygens (including phenoxy) is 1. The average molecular weight is 369 g/mol. The Morgan fingerprint density at radius 2 is 2.37 bits per heavy atom. The molecule has 108 valence electrons. The molecule has 1 N–H and O–H groups in total. The third-order valence-electron chi connectivity index (χ3n) is 2.98. The quantitative estimate of drug-likeness (QED) is 0.855. The molecule has 1 aliphatic rings. The van der Waals surface area contributed by atoms with E-state index < -0.39 is 10.0 Å². The Labute approximate surface area is 126 Å². The number of morpholine rings is 1. The largest absolute Gasteiger partial charge is 0.374 e. The summed E-state index contributed by atoms with van der Waals surface area (Å²) in [7, 11) is -3.42. The van der Waals surface area contributed by atoms with E-state index >= 15 is 0 Å². The lowest BCUT2D eigenvalue weighted by atomic mass is 10.3. The highest BCUT2D eigenvalue weighted by atomic mass is 79.9. The predicted octanol–water partition coefficient (Wildman–Crippen LogP) is 1.51. The molecule has 1 fully saturated rings. The molecule has 0 saturated carbocycles. The summed E-state index contributed by atoms with van der Waals surface area (Å²) in [6.07, 6.45) is -0.0770. The van der Waals surface area contributed by atoms with Crippen molar-refractivity contribution >= 4 is 37.3 Å². The second-order valence-corrected chi connectivity index (χ2v) is 8.75. The van der Waals surface area contributed by atoms with Crippen molar-refractivity contribution in [2.45, 2.75) is 17.2 Å². The van der Waals surface area contributed by atoms with Crippen LogP contribution in [0.4, 0.5) is 0 Å². The first-order valence-corrected chi connectivity index (χ1v) is 9.19. The molecule has 1 unspecified atom stereocenters. The van der Waals surface area contributed by atoms with Crippen molar-refractivity contribution in [1.82, 2.24) is 9.62 Å². The fourth-order valence-corrected chi connectivity index (χ4v) is 5.03. The van der Waals surface area contributed by atoms with Crippen molar-refractivity contribution in [3.05, 3.63) is 15.9 Å². The fraction of sp³-hybridized carbons (Fsp3) is 0.636. The Bertz CT molecular complexity index is 518. The Morgan fingerprint density at radius 1 is 1.58 bits per heavy atom. The van der Waals surface area contributed by atoms with Gasteiger partial charge in [0.2, 0.25) is 10.0 Å². The topological polar surface area (TPSA) is 58.6 Å². The lowest BCUT2D eigenvalue weighted by molar-refractivity contribution is -0.0229. The van der Waals surface area contributed by atoms with E-state index in [9.17, 15) is 8.42 Å². The van der Waals surface area contributed by atoms with Crippen LogP contribution in [0.25, 0.3) is 0 Å². The Morgan fingerprint density at radius 3 is 3.00 bits per heavy atom. The van der Waals surface area contributed by atoms with E-state index in [-0.39, 0.29) is 6.10 Å². The standard InChI is InChI=1S/C11H17BrN2O3S2/c1-2-14-5-6-17-9(8-14)7-13-19(15,16)11-4-3-10(12)18-11/h3-4,9,13H,2,5-8H2,1H3. The SMILES string of the molecule is CCN1CCOC(CNS(=O)(=O)c2ccc(Br)s2)C1. The molecule has 1 aromatic heterocycles. The minimum atomic E-state index is -3.42. The molecule has 0 bridgehead atoms. The van der Waals surface area contributed by atoms with Crippen LogP contribution in [0.3, 0.4) is 0 Å². The summed E-state index contributed by atoms with van der Waals surface area (Å²) in [4.78, 5) is 2.25. The second-order valence-electron chi connectivity index (χ2n) is 4.30. The molecule has 1 saturated heterocycles. The van der Waals surface area contributed by atoms with Crippen LogP contribution in [-0.4, -0.2) is 52.2 Å². The lowest BCUT2D eigenvalue weighted by Gasteiger charge is -2.31. The van der Waals surface area contributed by atoms with Crippen LogP contribution in [0.1, 0.15) is 6.92 Å². The van der Waals surface area contributed by atoms with Crippen LogP contribution in [0.5, 0.6) is 0 Å². The average Bonchev–Trinajstić information content (AvgIpc) is 2.84. The molecule has 2 rings (SSSR count). The molecule has 1 aromatic rings. The third kappa shape index (κ3) is 4.24. The normalized spacial score (nSPS) is 21.7. The van der Waals surface area contributed by atoms with Gasteiger partial charge >= 0.3 is 0 Å². The highest BCUT2D eigenvalue weighted by Gasteiger charge is 2.23. The molecule has 8 heteroatoms. The van der Waals surface area contributed by atoms with Gasteiger partial charge in [0.25, 0.3) is 0 Å². The van der Waals surface area contributed by atoms with Crippen molar-refractivity contribution in [3.8, 4) is 0 Å². The van der Waals surface area contributed by atoms with E-state index in [0.29, 0.717) is 17.4 Å². The first-order valence-electron chi connectivity index (χ1n) is 6.10. The fourth-order valence-electron chi connectivity index (χ4n) is 1.91. The number of hydrogen-bond acceptors (Lipinski definition) is 5. The van der Waals surface area contributed by atoms with Gasteiger partial charge in [0.1, 0.15) is 4.21 Å². The van der Waals surface area contributed by atoms with Gasteiger partial charge in [-0.05, 0) is 34.6 Å². The summed E-state index contributed by atoms with van der Waals surface area (Å²) in [5.41, 5.74) is 0. The molecule has 2 heterocycles. The minimum Gasteiger partial charge on any atom is -0.374 e. The molecule has 0 radical (unpaired) electrons. The number of halogens is 1. The van der Waals surface area contributed by atoms with E-state index in [0.717, 1.165) is 23.4 Å².